The maximum atomic E-state index is 13.1. The van der Waals surface area contributed by atoms with Crippen LogP contribution in [0.1, 0.15) is 5.56 Å². The summed E-state index contributed by atoms with van der Waals surface area (Å²) < 4.78 is 14.1. The summed E-state index contributed by atoms with van der Waals surface area (Å²) in [7, 11) is 0. The first-order valence-corrected chi connectivity index (χ1v) is 6.48. The number of rotatable bonds is 4. The van der Waals surface area contributed by atoms with Crippen LogP contribution in [0, 0.1) is 5.82 Å². The van der Waals surface area contributed by atoms with Gasteiger partial charge in [-0.25, -0.2) is 4.39 Å². The van der Waals surface area contributed by atoms with Gasteiger partial charge in [-0.15, -0.1) is 0 Å². The van der Waals surface area contributed by atoms with Gasteiger partial charge in [-0.2, -0.15) is 0 Å². The zero-order valence-corrected chi connectivity index (χ0v) is 11.4. The maximum absolute atomic E-state index is 13.1. The zero-order chi connectivity index (χ0) is 13.0. The minimum absolute atomic E-state index is 0.285. The number of hydrogen-bond acceptors (Lipinski definition) is 2. The van der Waals surface area contributed by atoms with E-state index in [1.54, 1.807) is 6.07 Å². The van der Waals surface area contributed by atoms with Crippen LogP contribution < -0.4 is 11.1 Å². The van der Waals surface area contributed by atoms with Crippen LogP contribution in [-0.4, -0.2) is 6.54 Å². The molecule has 3 N–H and O–H groups in total. The first-order valence-electron chi connectivity index (χ1n) is 5.69. The molecule has 0 aliphatic carbocycles. The van der Waals surface area contributed by atoms with E-state index in [1.807, 2.05) is 18.2 Å². The van der Waals surface area contributed by atoms with Gasteiger partial charge in [-0.1, -0.05) is 34.1 Å². The molecule has 0 aliphatic heterocycles. The molecule has 0 radical (unpaired) electrons. The second-order valence-electron chi connectivity index (χ2n) is 4.00. The van der Waals surface area contributed by atoms with E-state index in [9.17, 15) is 4.39 Å². The van der Waals surface area contributed by atoms with Gasteiger partial charge in [0.25, 0.3) is 0 Å². The molecular formula is C14H14BrFN2. The van der Waals surface area contributed by atoms with Crippen molar-refractivity contribution in [3.63, 3.8) is 0 Å². The highest BCUT2D eigenvalue weighted by molar-refractivity contribution is 9.10. The highest BCUT2D eigenvalue weighted by Crippen LogP contribution is 2.20. The van der Waals surface area contributed by atoms with Gasteiger partial charge in [0.05, 0.1) is 11.4 Å². The van der Waals surface area contributed by atoms with Crippen LogP contribution in [0.15, 0.2) is 46.9 Å². The monoisotopic (exact) mass is 308 g/mol. The molecule has 0 amide bonds. The molecule has 0 atom stereocenters. The molecule has 0 fully saturated rings. The minimum Gasteiger partial charge on any atom is -0.397 e. The molecule has 2 nitrogen and oxygen atoms in total. The summed E-state index contributed by atoms with van der Waals surface area (Å²) in [6.45, 7) is 0.705. The highest BCUT2D eigenvalue weighted by Gasteiger charge is 2.02. The summed E-state index contributed by atoms with van der Waals surface area (Å²) in [5.74, 6) is -0.285. The predicted molar refractivity (Wildman–Crippen MR) is 77.1 cm³/mol. The van der Waals surface area contributed by atoms with Gasteiger partial charge in [0, 0.05) is 11.0 Å². The molecule has 0 heterocycles. The lowest BCUT2D eigenvalue weighted by molar-refractivity contribution is 0.628. The van der Waals surface area contributed by atoms with Crippen LogP contribution in [0.4, 0.5) is 15.8 Å². The molecule has 94 valence electrons. The third-order valence-corrected chi connectivity index (χ3v) is 3.46. The fourth-order valence-corrected chi connectivity index (χ4v) is 2.20. The number of nitrogens with one attached hydrogen (secondary N) is 1. The summed E-state index contributed by atoms with van der Waals surface area (Å²) in [5.41, 5.74) is 8.17. The molecule has 0 bridgehead atoms. The Morgan fingerprint density at radius 2 is 1.94 bits per heavy atom. The average molecular weight is 309 g/mol. The van der Waals surface area contributed by atoms with Crippen LogP contribution in [0.25, 0.3) is 0 Å². The van der Waals surface area contributed by atoms with E-state index in [4.69, 9.17) is 5.73 Å². The molecule has 18 heavy (non-hydrogen) atoms. The molecule has 4 heteroatoms. The third kappa shape index (κ3) is 3.23. The third-order valence-electron chi connectivity index (χ3n) is 2.68. The predicted octanol–water partition coefficient (Wildman–Crippen LogP) is 3.83. The number of halogens is 2. The summed E-state index contributed by atoms with van der Waals surface area (Å²) in [5, 5.41) is 3.14. The quantitative estimate of drug-likeness (QED) is 0.843. The van der Waals surface area contributed by atoms with Crippen molar-refractivity contribution < 1.29 is 4.39 Å². The molecular weight excluding hydrogens is 295 g/mol. The SMILES string of the molecule is Nc1ccc(F)cc1NCCc1ccccc1Br. The molecule has 0 spiro atoms. The normalized spacial score (nSPS) is 10.3. The van der Waals surface area contributed by atoms with Crippen LogP contribution >= 0.6 is 15.9 Å². The second-order valence-corrected chi connectivity index (χ2v) is 4.85. The van der Waals surface area contributed by atoms with E-state index in [0.717, 1.165) is 10.9 Å². The minimum atomic E-state index is -0.285. The molecule has 0 saturated heterocycles. The van der Waals surface area contributed by atoms with Crippen molar-refractivity contribution in [1.82, 2.24) is 0 Å². The molecule has 0 aromatic heterocycles. The molecule has 2 aromatic rings. The van der Waals surface area contributed by atoms with Crippen molar-refractivity contribution >= 4 is 27.3 Å². The number of nitrogens with two attached hydrogens (primary N) is 1. The topological polar surface area (TPSA) is 38.0 Å². The van der Waals surface area contributed by atoms with Crippen molar-refractivity contribution in [1.29, 1.82) is 0 Å². The number of nitrogen functional groups attached to an aromatic ring is 1. The van der Waals surface area contributed by atoms with Gasteiger partial charge < -0.3 is 11.1 Å². The van der Waals surface area contributed by atoms with E-state index in [0.29, 0.717) is 17.9 Å². The second kappa shape index (κ2) is 5.87. The number of benzene rings is 2. The molecule has 0 aliphatic rings. The summed E-state index contributed by atoms with van der Waals surface area (Å²) in [6, 6.07) is 12.4. The lowest BCUT2D eigenvalue weighted by Crippen LogP contribution is -2.07. The van der Waals surface area contributed by atoms with Gasteiger partial charge in [-0.3, -0.25) is 0 Å². The van der Waals surface area contributed by atoms with E-state index < -0.39 is 0 Å². The van der Waals surface area contributed by atoms with Crippen LogP contribution in [0.5, 0.6) is 0 Å². The van der Waals surface area contributed by atoms with Gasteiger partial charge in [0.1, 0.15) is 5.82 Å². The molecule has 0 unspecified atom stereocenters. The van der Waals surface area contributed by atoms with E-state index in [2.05, 4.69) is 27.3 Å². The van der Waals surface area contributed by atoms with Crippen molar-refractivity contribution in [2.24, 2.45) is 0 Å². The van der Waals surface area contributed by atoms with Gasteiger partial charge in [0.2, 0.25) is 0 Å². The fraction of sp³-hybridized carbons (Fsp3) is 0.143. The Morgan fingerprint density at radius 1 is 1.17 bits per heavy atom. The van der Waals surface area contributed by atoms with E-state index in [1.165, 1.54) is 17.7 Å². The fourth-order valence-electron chi connectivity index (χ4n) is 1.71. The van der Waals surface area contributed by atoms with Crippen LogP contribution in [-0.2, 0) is 6.42 Å². The molecule has 0 saturated carbocycles. The van der Waals surface area contributed by atoms with Crippen molar-refractivity contribution in [2.75, 3.05) is 17.6 Å². The van der Waals surface area contributed by atoms with Crippen LogP contribution in [0.2, 0.25) is 0 Å². The smallest absolute Gasteiger partial charge is 0.125 e. The Bertz CT molecular complexity index is 543. The Labute approximate surface area is 114 Å². The van der Waals surface area contributed by atoms with Crippen LogP contribution in [0.3, 0.4) is 0 Å². The van der Waals surface area contributed by atoms with Crippen molar-refractivity contribution in [3.8, 4) is 0 Å². The Hall–Kier alpha value is -1.55. The lowest BCUT2D eigenvalue weighted by atomic mass is 10.1. The van der Waals surface area contributed by atoms with E-state index in [-0.39, 0.29) is 5.82 Å². The maximum Gasteiger partial charge on any atom is 0.125 e. The summed E-state index contributed by atoms with van der Waals surface area (Å²) in [6.07, 6.45) is 0.845. The Kier molecular flexibility index (Phi) is 4.20. The standard InChI is InChI=1S/C14H14BrFN2/c15-12-4-2-1-3-10(12)7-8-18-14-9-11(16)5-6-13(14)17/h1-6,9,18H,7-8,17H2. The number of hydrogen-bond donors (Lipinski definition) is 2. The molecule has 2 aromatic carbocycles. The molecule has 2 rings (SSSR count). The average Bonchev–Trinajstić information content (AvgIpc) is 2.36. The summed E-state index contributed by atoms with van der Waals surface area (Å²) in [4.78, 5) is 0. The highest BCUT2D eigenvalue weighted by atomic mass is 79.9. The van der Waals surface area contributed by atoms with Crippen molar-refractivity contribution in [2.45, 2.75) is 6.42 Å². The van der Waals surface area contributed by atoms with E-state index >= 15 is 0 Å². The Morgan fingerprint density at radius 3 is 2.72 bits per heavy atom. The summed E-state index contributed by atoms with van der Waals surface area (Å²) >= 11 is 3.50. The Balaban J connectivity index is 1.96. The van der Waals surface area contributed by atoms with Gasteiger partial charge in [-0.05, 0) is 36.2 Å². The zero-order valence-electron chi connectivity index (χ0n) is 9.79. The van der Waals surface area contributed by atoms with Gasteiger partial charge >= 0.3 is 0 Å². The first-order chi connectivity index (χ1) is 8.66. The number of anilines is 2. The van der Waals surface area contributed by atoms with Gasteiger partial charge in [0.15, 0.2) is 0 Å². The largest absolute Gasteiger partial charge is 0.397 e. The van der Waals surface area contributed by atoms with Crippen molar-refractivity contribution in [3.05, 3.63) is 58.3 Å². The lowest BCUT2D eigenvalue weighted by Gasteiger charge is -2.10. The first kappa shape index (κ1) is 12.9.